The quantitative estimate of drug-likeness (QED) is 0.448. The van der Waals surface area contributed by atoms with Crippen LogP contribution in [0.5, 0.6) is 0 Å². The third-order valence-electron chi connectivity index (χ3n) is 5.71. The van der Waals surface area contributed by atoms with Gasteiger partial charge in [0.2, 0.25) is 10.0 Å². The first kappa shape index (κ1) is 28.7. The van der Waals surface area contributed by atoms with E-state index in [1.54, 1.807) is 0 Å². The standard InChI is InChI=1S/C24H30N4O4S2.ClH/c1-5-12-28(13-6-2)34(31,32)18-9-7-17(8-10-18)23(30)26-24-21(22(25)29)19-11-14-27(16(3)4)15-20(19)33-24;/h5-10,16H,1-2,11-15H2,3-4H3,(H2,25,29)(H,26,30);1H. The minimum absolute atomic E-state index is 0. The van der Waals surface area contributed by atoms with Crippen molar-refractivity contribution in [1.82, 2.24) is 9.21 Å². The Kier molecular flexibility index (Phi) is 9.82. The van der Waals surface area contributed by atoms with E-state index in [0.717, 1.165) is 17.0 Å². The Bertz CT molecular complexity index is 1200. The number of amides is 2. The van der Waals surface area contributed by atoms with Gasteiger partial charge in [-0.1, -0.05) is 12.2 Å². The van der Waals surface area contributed by atoms with Gasteiger partial charge in [-0.15, -0.1) is 36.9 Å². The lowest BCUT2D eigenvalue weighted by atomic mass is 10.0. The van der Waals surface area contributed by atoms with E-state index in [1.807, 2.05) is 0 Å². The van der Waals surface area contributed by atoms with Gasteiger partial charge in [-0.3, -0.25) is 14.5 Å². The molecule has 0 atom stereocenters. The van der Waals surface area contributed by atoms with Crippen molar-refractivity contribution in [2.24, 2.45) is 5.73 Å². The lowest BCUT2D eigenvalue weighted by Crippen LogP contribution is -2.35. The maximum absolute atomic E-state index is 12.9. The number of sulfonamides is 1. The molecular formula is C24H31ClN4O4S2. The van der Waals surface area contributed by atoms with Crippen molar-refractivity contribution < 1.29 is 18.0 Å². The lowest BCUT2D eigenvalue weighted by molar-refractivity contribution is 0.0999. The molecule has 2 aromatic rings. The zero-order valence-electron chi connectivity index (χ0n) is 19.8. The van der Waals surface area contributed by atoms with Gasteiger partial charge >= 0.3 is 0 Å². The summed E-state index contributed by atoms with van der Waals surface area (Å²) in [7, 11) is -3.76. The van der Waals surface area contributed by atoms with Crippen LogP contribution in [0.3, 0.4) is 0 Å². The molecule has 3 rings (SSSR count). The number of halogens is 1. The van der Waals surface area contributed by atoms with Crippen molar-refractivity contribution in [3.05, 3.63) is 71.1 Å². The molecule has 2 amide bonds. The number of fused-ring (bicyclic) bond motifs is 1. The minimum atomic E-state index is -3.76. The third-order valence-corrected chi connectivity index (χ3v) is 8.69. The molecule has 11 heteroatoms. The number of hydrogen-bond acceptors (Lipinski definition) is 6. The molecule has 1 aromatic heterocycles. The van der Waals surface area contributed by atoms with Gasteiger partial charge < -0.3 is 11.1 Å². The first-order valence-corrected chi connectivity index (χ1v) is 13.2. The van der Waals surface area contributed by atoms with Crippen LogP contribution in [0.15, 0.2) is 54.5 Å². The molecule has 0 bridgehead atoms. The van der Waals surface area contributed by atoms with Gasteiger partial charge in [0.25, 0.3) is 11.8 Å². The highest BCUT2D eigenvalue weighted by atomic mass is 35.5. The second-order valence-corrected chi connectivity index (χ2v) is 11.3. The maximum Gasteiger partial charge on any atom is 0.256 e. The van der Waals surface area contributed by atoms with Crippen molar-refractivity contribution in [2.75, 3.05) is 25.0 Å². The summed E-state index contributed by atoms with van der Waals surface area (Å²) >= 11 is 1.36. The number of primary amides is 1. The Morgan fingerprint density at radius 3 is 2.31 bits per heavy atom. The van der Waals surface area contributed by atoms with Crippen molar-refractivity contribution >= 4 is 50.6 Å². The first-order chi connectivity index (χ1) is 16.1. The van der Waals surface area contributed by atoms with Gasteiger partial charge in [-0.25, -0.2) is 8.42 Å². The van der Waals surface area contributed by atoms with E-state index in [2.05, 4.69) is 37.2 Å². The molecule has 190 valence electrons. The monoisotopic (exact) mass is 538 g/mol. The highest BCUT2D eigenvalue weighted by Crippen LogP contribution is 2.37. The Labute approximate surface area is 216 Å². The summed E-state index contributed by atoms with van der Waals surface area (Å²) in [4.78, 5) is 28.5. The van der Waals surface area contributed by atoms with Crippen molar-refractivity contribution in [3.63, 3.8) is 0 Å². The molecular weight excluding hydrogens is 508 g/mol. The van der Waals surface area contributed by atoms with E-state index in [1.165, 1.54) is 52.1 Å². The molecule has 2 heterocycles. The summed E-state index contributed by atoms with van der Waals surface area (Å²) < 4.78 is 27.0. The number of rotatable bonds is 10. The second kappa shape index (κ2) is 12.0. The van der Waals surface area contributed by atoms with E-state index in [0.29, 0.717) is 29.6 Å². The molecule has 0 radical (unpaired) electrons. The van der Waals surface area contributed by atoms with E-state index in [9.17, 15) is 18.0 Å². The molecule has 0 unspecified atom stereocenters. The van der Waals surface area contributed by atoms with E-state index >= 15 is 0 Å². The lowest BCUT2D eigenvalue weighted by Gasteiger charge is -2.30. The van der Waals surface area contributed by atoms with E-state index in [4.69, 9.17) is 5.73 Å². The van der Waals surface area contributed by atoms with Crippen molar-refractivity contribution in [3.8, 4) is 0 Å². The van der Waals surface area contributed by atoms with E-state index < -0.39 is 21.8 Å². The van der Waals surface area contributed by atoms with Crippen LogP contribution >= 0.6 is 23.7 Å². The molecule has 3 N–H and O–H groups in total. The first-order valence-electron chi connectivity index (χ1n) is 10.9. The number of nitrogens with one attached hydrogen (secondary N) is 1. The second-order valence-electron chi connectivity index (χ2n) is 8.26. The van der Waals surface area contributed by atoms with Gasteiger partial charge in [0.15, 0.2) is 0 Å². The molecule has 0 fully saturated rings. The van der Waals surface area contributed by atoms with Crippen LogP contribution in [0.1, 0.15) is 45.0 Å². The summed E-state index contributed by atoms with van der Waals surface area (Å²) in [6.45, 7) is 13.2. The average Bonchev–Trinajstić information content (AvgIpc) is 3.16. The fraction of sp³-hybridized carbons (Fsp3) is 0.333. The predicted octanol–water partition coefficient (Wildman–Crippen LogP) is 3.65. The number of hydrogen-bond donors (Lipinski definition) is 2. The molecule has 1 aliphatic heterocycles. The fourth-order valence-electron chi connectivity index (χ4n) is 3.87. The van der Waals surface area contributed by atoms with Gasteiger partial charge in [0, 0.05) is 42.7 Å². The van der Waals surface area contributed by atoms with Crippen LogP contribution in [-0.2, 0) is 23.0 Å². The molecule has 1 aliphatic rings. The number of carbonyl (C=O) groups is 2. The zero-order valence-corrected chi connectivity index (χ0v) is 22.3. The number of benzene rings is 1. The number of carbonyl (C=O) groups excluding carboxylic acids is 2. The number of nitrogens with zero attached hydrogens (tertiary/aromatic N) is 2. The predicted molar refractivity (Wildman–Crippen MR) is 143 cm³/mol. The molecule has 0 aliphatic carbocycles. The van der Waals surface area contributed by atoms with Crippen LogP contribution in [0, 0.1) is 0 Å². The number of anilines is 1. The molecule has 35 heavy (non-hydrogen) atoms. The van der Waals surface area contributed by atoms with Crippen LogP contribution in [0.25, 0.3) is 0 Å². The van der Waals surface area contributed by atoms with E-state index in [-0.39, 0.29) is 36.0 Å². The van der Waals surface area contributed by atoms with Crippen LogP contribution in [0.4, 0.5) is 5.00 Å². The smallest absolute Gasteiger partial charge is 0.256 e. The highest BCUT2D eigenvalue weighted by Gasteiger charge is 2.29. The Morgan fingerprint density at radius 1 is 1.20 bits per heavy atom. The third kappa shape index (κ3) is 6.20. The van der Waals surface area contributed by atoms with Crippen LogP contribution < -0.4 is 11.1 Å². The molecule has 0 spiro atoms. The number of thiophene rings is 1. The minimum Gasteiger partial charge on any atom is -0.365 e. The summed E-state index contributed by atoms with van der Waals surface area (Å²) in [5.74, 6) is -1.02. The largest absolute Gasteiger partial charge is 0.365 e. The molecule has 8 nitrogen and oxygen atoms in total. The van der Waals surface area contributed by atoms with Crippen molar-refractivity contribution in [1.29, 1.82) is 0 Å². The Hall–Kier alpha value is -2.50. The maximum atomic E-state index is 12.9. The fourth-order valence-corrected chi connectivity index (χ4v) is 6.53. The summed E-state index contributed by atoms with van der Waals surface area (Å²) in [5.41, 5.74) is 7.18. The summed E-state index contributed by atoms with van der Waals surface area (Å²) in [6, 6.07) is 6.03. The van der Waals surface area contributed by atoms with Crippen molar-refractivity contribution in [2.45, 2.75) is 37.8 Å². The SMILES string of the molecule is C=CCN(CC=C)S(=O)(=O)c1ccc(C(=O)Nc2sc3c(c2C(N)=O)CCN(C(C)C)C3)cc1.Cl. The highest BCUT2D eigenvalue weighted by molar-refractivity contribution is 7.89. The van der Waals surface area contributed by atoms with Crippen LogP contribution in [-0.4, -0.2) is 55.1 Å². The normalized spacial score (nSPS) is 13.7. The Balaban J connectivity index is 0.00000432. The van der Waals surface area contributed by atoms with Gasteiger partial charge in [0.05, 0.1) is 10.5 Å². The molecule has 0 saturated heterocycles. The van der Waals surface area contributed by atoms with Crippen LogP contribution in [0.2, 0.25) is 0 Å². The van der Waals surface area contributed by atoms with Gasteiger partial charge in [0.1, 0.15) is 5.00 Å². The summed E-state index contributed by atoms with van der Waals surface area (Å²) in [5, 5.41) is 3.23. The topological polar surface area (TPSA) is 113 Å². The molecule has 1 aromatic carbocycles. The molecule has 0 saturated carbocycles. The average molecular weight is 539 g/mol. The Morgan fingerprint density at radius 2 is 1.80 bits per heavy atom. The van der Waals surface area contributed by atoms with Gasteiger partial charge in [-0.2, -0.15) is 4.31 Å². The number of nitrogens with two attached hydrogens (primary N) is 1. The summed E-state index contributed by atoms with van der Waals surface area (Å²) in [6.07, 6.45) is 3.69. The zero-order chi connectivity index (χ0) is 25.0. The van der Waals surface area contributed by atoms with Gasteiger partial charge in [-0.05, 0) is 50.1 Å².